The van der Waals surface area contributed by atoms with Crippen LogP contribution in [0.4, 0.5) is 0 Å². The van der Waals surface area contributed by atoms with Crippen molar-refractivity contribution in [3.8, 4) is 17.4 Å². The van der Waals surface area contributed by atoms with Crippen molar-refractivity contribution in [2.45, 2.75) is 39.3 Å². The van der Waals surface area contributed by atoms with Crippen LogP contribution in [0.15, 0.2) is 42.9 Å². The Balaban J connectivity index is 1.34. The zero-order chi connectivity index (χ0) is 22.9. The van der Waals surface area contributed by atoms with Crippen LogP contribution in [0.25, 0.3) is 22.7 Å². The summed E-state index contributed by atoms with van der Waals surface area (Å²) in [6.07, 6.45) is 4.97. The number of amides is 1. The van der Waals surface area contributed by atoms with E-state index in [1.807, 2.05) is 64.6 Å². The number of nitrogens with zero attached hydrogens (tertiary/aromatic N) is 7. The number of benzene rings is 1. The molecule has 0 N–H and O–H groups in total. The van der Waals surface area contributed by atoms with Crippen LogP contribution in [0, 0.1) is 6.92 Å². The molecule has 1 aliphatic heterocycles. The molecule has 1 fully saturated rings. The number of ether oxygens (including phenoxy) is 1. The topological polar surface area (TPSA) is 91.0 Å². The summed E-state index contributed by atoms with van der Waals surface area (Å²) in [5.41, 5.74) is 3.94. The highest BCUT2D eigenvalue weighted by Crippen LogP contribution is 2.29. The van der Waals surface area contributed by atoms with Gasteiger partial charge in [-0.2, -0.15) is 10.1 Å². The molecular weight excluding hydrogens is 418 g/mol. The zero-order valence-corrected chi connectivity index (χ0v) is 19.1. The van der Waals surface area contributed by atoms with Crippen molar-refractivity contribution >= 4 is 17.1 Å². The quantitative estimate of drug-likeness (QED) is 0.468. The number of likely N-dealkylation sites (tertiary alicyclic amines) is 1. The molecule has 0 saturated carbocycles. The van der Waals surface area contributed by atoms with E-state index in [1.165, 1.54) is 6.33 Å². The van der Waals surface area contributed by atoms with Crippen molar-refractivity contribution < 1.29 is 9.53 Å². The van der Waals surface area contributed by atoms with Crippen LogP contribution in [0.3, 0.4) is 0 Å². The van der Waals surface area contributed by atoms with E-state index >= 15 is 0 Å². The molecule has 1 amide bonds. The van der Waals surface area contributed by atoms with Gasteiger partial charge in [-0.3, -0.25) is 9.48 Å². The monoisotopic (exact) mass is 445 g/mol. The fourth-order valence-electron chi connectivity index (χ4n) is 4.28. The Kier molecular flexibility index (Phi) is 5.53. The van der Waals surface area contributed by atoms with Gasteiger partial charge in [-0.05, 0) is 31.5 Å². The molecule has 33 heavy (non-hydrogen) atoms. The molecular formula is C24H27N7O2. The maximum absolute atomic E-state index is 12.7. The molecule has 4 aromatic rings. The van der Waals surface area contributed by atoms with Gasteiger partial charge in [-0.15, -0.1) is 0 Å². The van der Waals surface area contributed by atoms with Crippen LogP contribution in [-0.4, -0.2) is 59.3 Å². The van der Waals surface area contributed by atoms with E-state index in [0.29, 0.717) is 30.1 Å². The Labute approximate surface area is 192 Å². The van der Waals surface area contributed by atoms with Crippen molar-refractivity contribution in [3.05, 3.63) is 54.0 Å². The number of rotatable bonds is 5. The maximum Gasteiger partial charge on any atom is 0.253 e. The molecule has 4 heterocycles. The number of aryl methyl sites for hydroxylation is 3. The summed E-state index contributed by atoms with van der Waals surface area (Å²) in [5.74, 6) is 1.28. The summed E-state index contributed by atoms with van der Waals surface area (Å²) in [6, 6.07) is 9.40. The lowest BCUT2D eigenvalue weighted by molar-refractivity contribution is 0.0590. The van der Waals surface area contributed by atoms with Gasteiger partial charge >= 0.3 is 0 Å². The van der Waals surface area contributed by atoms with E-state index in [9.17, 15) is 4.79 Å². The van der Waals surface area contributed by atoms with E-state index < -0.39 is 0 Å². The van der Waals surface area contributed by atoms with Gasteiger partial charge in [-0.25, -0.2) is 9.97 Å². The van der Waals surface area contributed by atoms with Crippen molar-refractivity contribution in [1.82, 2.24) is 34.2 Å². The number of imidazole rings is 1. The smallest absolute Gasteiger partial charge is 0.253 e. The maximum atomic E-state index is 12.7. The molecule has 0 atom stereocenters. The predicted octanol–water partition coefficient (Wildman–Crippen LogP) is 3.24. The van der Waals surface area contributed by atoms with Crippen LogP contribution < -0.4 is 4.74 Å². The predicted molar refractivity (Wildman–Crippen MR) is 124 cm³/mol. The van der Waals surface area contributed by atoms with E-state index in [4.69, 9.17) is 9.72 Å². The van der Waals surface area contributed by atoms with Crippen LogP contribution in [0.2, 0.25) is 0 Å². The lowest BCUT2D eigenvalue weighted by Gasteiger charge is -2.32. The fourth-order valence-corrected chi connectivity index (χ4v) is 4.28. The van der Waals surface area contributed by atoms with Gasteiger partial charge in [-0.1, -0.05) is 18.2 Å². The average Bonchev–Trinajstić information content (AvgIpc) is 3.39. The van der Waals surface area contributed by atoms with Crippen molar-refractivity contribution in [2.75, 3.05) is 13.1 Å². The Bertz CT molecular complexity index is 1290. The molecule has 0 bridgehead atoms. The highest BCUT2D eigenvalue weighted by molar-refractivity contribution is 5.94. The number of aromatic nitrogens is 6. The number of carbonyl (C=O) groups excluding carboxylic acids is 1. The Morgan fingerprint density at radius 2 is 1.91 bits per heavy atom. The summed E-state index contributed by atoms with van der Waals surface area (Å²) in [7, 11) is 1.93. The Morgan fingerprint density at radius 3 is 2.61 bits per heavy atom. The third-order valence-electron chi connectivity index (χ3n) is 6.13. The minimum atomic E-state index is -0.0329. The zero-order valence-electron chi connectivity index (χ0n) is 19.1. The van der Waals surface area contributed by atoms with Crippen molar-refractivity contribution in [3.63, 3.8) is 0 Å². The molecule has 9 nitrogen and oxygen atoms in total. The summed E-state index contributed by atoms with van der Waals surface area (Å²) < 4.78 is 10.1. The second-order valence-electron chi connectivity index (χ2n) is 8.34. The molecule has 0 aliphatic carbocycles. The van der Waals surface area contributed by atoms with E-state index in [2.05, 4.69) is 22.0 Å². The molecule has 1 aliphatic rings. The minimum absolute atomic E-state index is 0.0329. The molecule has 0 radical (unpaired) electrons. The van der Waals surface area contributed by atoms with Gasteiger partial charge in [0.05, 0.1) is 0 Å². The van der Waals surface area contributed by atoms with Gasteiger partial charge in [0, 0.05) is 51.3 Å². The first-order chi connectivity index (χ1) is 16.0. The first kappa shape index (κ1) is 21.1. The molecule has 0 spiro atoms. The van der Waals surface area contributed by atoms with Gasteiger partial charge in [0.25, 0.3) is 5.91 Å². The standard InChI is InChI=1S/C24H27N7O2/c1-4-31-14-16(2)19(28-31)22-27-20-21(29(22)3)25-15-26-23(20)33-18-10-12-30(13-11-18)24(32)17-8-6-5-7-9-17/h5-9,14-15,18H,4,10-13H2,1-3H3. The normalized spacial score (nSPS) is 14.7. The number of piperidine rings is 1. The molecule has 170 valence electrons. The summed E-state index contributed by atoms with van der Waals surface area (Å²) in [6.45, 7) is 6.18. The van der Waals surface area contributed by atoms with Gasteiger partial charge < -0.3 is 14.2 Å². The van der Waals surface area contributed by atoms with Crippen molar-refractivity contribution in [2.24, 2.45) is 7.05 Å². The minimum Gasteiger partial charge on any atom is -0.473 e. The Hall–Kier alpha value is -3.75. The molecule has 5 rings (SSSR count). The lowest BCUT2D eigenvalue weighted by Crippen LogP contribution is -2.41. The Morgan fingerprint density at radius 1 is 1.15 bits per heavy atom. The molecule has 3 aromatic heterocycles. The average molecular weight is 446 g/mol. The summed E-state index contributed by atoms with van der Waals surface area (Å²) in [5, 5.41) is 4.66. The number of fused-ring (bicyclic) bond motifs is 1. The van der Waals surface area contributed by atoms with E-state index in [1.54, 1.807) is 0 Å². The second kappa shape index (κ2) is 8.65. The van der Waals surface area contributed by atoms with Gasteiger partial charge in [0.1, 0.15) is 18.1 Å². The first-order valence-electron chi connectivity index (χ1n) is 11.3. The van der Waals surface area contributed by atoms with Crippen LogP contribution in [-0.2, 0) is 13.6 Å². The SMILES string of the molecule is CCn1cc(C)c(-c2nc3c(OC4CCN(C(=O)c5ccccc5)CC4)ncnc3n2C)n1. The highest BCUT2D eigenvalue weighted by Gasteiger charge is 2.26. The number of hydrogen-bond donors (Lipinski definition) is 0. The van der Waals surface area contributed by atoms with Crippen molar-refractivity contribution in [1.29, 1.82) is 0 Å². The van der Waals surface area contributed by atoms with Crippen LogP contribution in [0.1, 0.15) is 35.7 Å². The third-order valence-corrected chi connectivity index (χ3v) is 6.13. The molecule has 1 aromatic carbocycles. The first-order valence-corrected chi connectivity index (χ1v) is 11.3. The van der Waals surface area contributed by atoms with Gasteiger partial charge in [0.15, 0.2) is 17.0 Å². The van der Waals surface area contributed by atoms with Crippen LogP contribution >= 0.6 is 0 Å². The highest BCUT2D eigenvalue weighted by atomic mass is 16.5. The fraction of sp³-hybridized carbons (Fsp3) is 0.375. The van der Waals surface area contributed by atoms with E-state index in [-0.39, 0.29) is 12.0 Å². The largest absolute Gasteiger partial charge is 0.473 e. The molecule has 0 unspecified atom stereocenters. The van der Waals surface area contributed by atoms with Crippen LogP contribution in [0.5, 0.6) is 5.88 Å². The number of carbonyl (C=O) groups is 1. The van der Waals surface area contributed by atoms with E-state index in [0.717, 1.165) is 42.0 Å². The third kappa shape index (κ3) is 3.94. The van der Waals surface area contributed by atoms with Gasteiger partial charge in [0.2, 0.25) is 5.88 Å². The second-order valence-corrected chi connectivity index (χ2v) is 8.34. The lowest BCUT2D eigenvalue weighted by atomic mass is 10.1. The molecule has 1 saturated heterocycles. The number of hydrogen-bond acceptors (Lipinski definition) is 6. The summed E-state index contributed by atoms with van der Waals surface area (Å²) in [4.78, 5) is 28.2. The molecule has 9 heteroatoms. The summed E-state index contributed by atoms with van der Waals surface area (Å²) >= 11 is 0.